The van der Waals surface area contributed by atoms with Crippen LogP contribution in [0.25, 0.3) is 0 Å². The maximum atomic E-state index is 12.9. The van der Waals surface area contributed by atoms with Gasteiger partial charge in [0, 0.05) is 33.1 Å². The lowest BCUT2D eigenvalue weighted by molar-refractivity contribution is -0.122. The third kappa shape index (κ3) is 4.22. The van der Waals surface area contributed by atoms with E-state index in [0.717, 1.165) is 0 Å². The van der Waals surface area contributed by atoms with E-state index in [1.807, 2.05) is 0 Å². The molecule has 158 valence electrons. The van der Waals surface area contributed by atoms with Crippen LogP contribution in [0.1, 0.15) is 16.8 Å². The molecule has 3 amide bonds. The van der Waals surface area contributed by atoms with E-state index < -0.39 is 5.92 Å². The first-order valence-electron chi connectivity index (χ1n) is 9.49. The number of anilines is 2. The van der Waals surface area contributed by atoms with Crippen LogP contribution in [0, 0.1) is 5.92 Å². The Morgan fingerprint density at radius 1 is 1.10 bits per heavy atom. The number of nitrogens with zero attached hydrogens (tertiary/aromatic N) is 2. The van der Waals surface area contributed by atoms with Crippen LogP contribution < -0.4 is 19.7 Å². The van der Waals surface area contributed by atoms with Crippen LogP contribution >= 0.6 is 0 Å². The molecule has 1 atom stereocenters. The topological polar surface area (TPSA) is 88.2 Å². The summed E-state index contributed by atoms with van der Waals surface area (Å²) in [5, 5.41) is 2.81. The van der Waals surface area contributed by atoms with Gasteiger partial charge >= 0.3 is 0 Å². The van der Waals surface area contributed by atoms with Crippen LogP contribution in [0.5, 0.6) is 11.5 Å². The normalized spacial score (nSPS) is 15.7. The highest BCUT2D eigenvalue weighted by atomic mass is 16.5. The van der Waals surface area contributed by atoms with E-state index >= 15 is 0 Å². The van der Waals surface area contributed by atoms with E-state index in [-0.39, 0.29) is 30.7 Å². The van der Waals surface area contributed by atoms with Gasteiger partial charge in [-0.05, 0) is 24.3 Å². The summed E-state index contributed by atoms with van der Waals surface area (Å²) in [7, 11) is 6.36. The second-order valence-electron chi connectivity index (χ2n) is 7.18. The lowest BCUT2D eigenvalue weighted by Crippen LogP contribution is -2.29. The van der Waals surface area contributed by atoms with Crippen molar-refractivity contribution in [2.24, 2.45) is 5.92 Å². The number of carbonyl (C=O) groups excluding carboxylic acids is 3. The monoisotopic (exact) mass is 411 g/mol. The Kier molecular flexibility index (Phi) is 6.25. The van der Waals surface area contributed by atoms with E-state index in [2.05, 4.69) is 5.32 Å². The van der Waals surface area contributed by atoms with Gasteiger partial charge in [0.2, 0.25) is 11.8 Å². The number of para-hydroxylation sites is 1. The van der Waals surface area contributed by atoms with Gasteiger partial charge in [-0.25, -0.2) is 0 Å². The molecule has 2 aromatic carbocycles. The molecule has 1 aliphatic rings. The third-order valence-electron chi connectivity index (χ3n) is 5.00. The second-order valence-corrected chi connectivity index (χ2v) is 7.18. The Morgan fingerprint density at radius 3 is 2.50 bits per heavy atom. The summed E-state index contributed by atoms with van der Waals surface area (Å²) >= 11 is 0. The average molecular weight is 411 g/mol. The van der Waals surface area contributed by atoms with Crippen molar-refractivity contribution >= 4 is 29.1 Å². The maximum Gasteiger partial charge on any atom is 0.255 e. The van der Waals surface area contributed by atoms with Crippen molar-refractivity contribution in [2.75, 3.05) is 45.1 Å². The smallest absolute Gasteiger partial charge is 0.255 e. The molecule has 8 heteroatoms. The van der Waals surface area contributed by atoms with Crippen molar-refractivity contribution in [1.82, 2.24) is 4.90 Å². The van der Waals surface area contributed by atoms with Gasteiger partial charge in [-0.3, -0.25) is 14.4 Å². The molecule has 1 fully saturated rings. The van der Waals surface area contributed by atoms with Gasteiger partial charge in [0.15, 0.2) is 0 Å². The van der Waals surface area contributed by atoms with Gasteiger partial charge in [0.25, 0.3) is 5.91 Å². The van der Waals surface area contributed by atoms with Gasteiger partial charge in [-0.2, -0.15) is 0 Å². The van der Waals surface area contributed by atoms with Crippen molar-refractivity contribution in [1.29, 1.82) is 0 Å². The lowest BCUT2D eigenvalue weighted by Gasteiger charge is -2.20. The predicted octanol–water partition coefficient (Wildman–Crippen LogP) is 2.40. The summed E-state index contributed by atoms with van der Waals surface area (Å²) in [6.07, 6.45) is 0.0742. The number of amides is 3. The first kappa shape index (κ1) is 21.2. The molecule has 8 nitrogen and oxygen atoms in total. The van der Waals surface area contributed by atoms with Crippen LogP contribution in [0.4, 0.5) is 11.4 Å². The van der Waals surface area contributed by atoms with Crippen molar-refractivity contribution in [3.8, 4) is 11.5 Å². The van der Waals surface area contributed by atoms with Crippen molar-refractivity contribution < 1.29 is 23.9 Å². The van der Waals surface area contributed by atoms with Crippen LogP contribution in [0.3, 0.4) is 0 Å². The SMILES string of the molecule is COc1ccc(N2CC(C(=O)Nc3ccccc3C(=O)N(C)C)CC2=O)c(OC)c1. The number of hydrogen-bond acceptors (Lipinski definition) is 5. The zero-order valence-electron chi connectivity index (χ0n) is 17.5. The zero-order chi connectivity index (χ0) is 21.8. The summed E-state index contributed by atoms with van der Waals surface area (Å²) in [6.45, 7) is 0.219. The zero-order valence-corrected chi connectivity index (χ0v) is 17.5. The van der Waals surface area contributed by atoms with Gasteiger partial charge in [0.05, 0.1) is 37.1 Å². The number of carbonyl (C=O) groups is 3. The largest absolute Gasteiger partial charge is 0.497 e. The van der Waals surface area contributed by atoms with Gasteiger partial charge < -0.3 is 24.6 Å². The molecule has 1 aliphatic heterocycles. The second kappa shape index (κ2) is 8.86. The quantitative estimate of drug-likeness (QED) is 0.789. The molecular weight excluding hydrogens is 386 g/mol. The minimum atomic E-state index is -0.549. The van der Waals surface area contributed by atoms with Crippen molar-refractivity contribution in [3.63, 3.8) is 0 Å². The van der Waals surface area contributed by atoms with Gasteiger partial charge in [0.1, 0.15) is 11.5 Å². The highest BCUT2D eigenvalue weighted by Gasteiger charge is 2.36. The minimum absolute atomic E-state index is 0.0742. The molecule has 1 unspecified atom stereocenters. The van der Waals surface area contributed by atoms with Crippen LogP contribution in [0.2, 0.25) is 0 Å². The molecule has 0 saturated carbocycles. The molecule has 1 saturated heterocycles. The number of ether oxygens (including phenoxy) is 2. The number of hydrogen-bond donors (Lipinski definition) is 1. The van der Waals surface area contributed by atoms with Crippen LogP contribution in [-0.4, -0.2) is 57.5 Å². The van der Waals surface area contributed by atoms with E-state index in [9.17, 15) is 14.4 Å². The first-order valence-corrected chi connectivity index (χ1v) is 9.49. The number of nitrogens with one attached hydrogen (secondary N) is 1. The van der Waals surface area contributed by atoms with E-state index in [0.29, 0.717) is 28.4 Å². The molecule has 0 spiro atoms. The molecule has 0 aliphatic carbocycles. The van der Waals surface area contributed by atoms with E-state index in [1.165, 1.54) is 12.0 Å². The van der Waals surface area contributed by atoms with E-state index in [1.54, 1.807) is 68.6 Å². The van der Waals surface area contributed by atoms with Gasteiger partial charge in [-0.1, -0.05) is 12.1 Å². The number of benzene rings is 2. The minimum Gasteiger partial charge on any atom is -0.497 e. The van der Waals surface area contributed by atoms with Crippen molar-refractivity contribution in [2.45, 2.75) is 6.42 Å². The Labute approximate surface area is 175 Å². The number of methoxy groups -OCH3 is 2. The molecule has 0 bridgehead atoms. The maximum absolute atomic E-state index is 12.9. The Bertz CT molecular complexity index is 973. The van der Waals surface area contributed by atoms with Crippen LogP contribution in [0.15, 0.2) is 42.5 Å². The fraction of sp³-hybridized carbons (Fsp3) is 0.318. The highest BCUT2D eigenvalue weighted by molar-refractivity contribution is 6.07. The summed E-state index contributed by atoms with van der Waals surface area (Å²) in [6, 6.07) is 12.0. The molecular formula is C22H25N3O5. The molecule has 0 radical (unpaired) electrons. The fourth-order valence-electron chi connectivity index (χ4n) is 3.38. The lowest BCUT2D eigenvalue weighted by atomic mass is 10.1. The Balaban J connectivity index is 1.78. The van der Waals surface area contributed by atoms with Crippen LogP contribution in [-0.2, 0) is 9.59 Å². The highest BCUT2D eigenvalue weighted by Crippen LogP contribution is 2.36. The molecule has 1 heterocycles. The summed E-state index contributed by atoms with van der Waals surface area (Å²) in [4.78, 5) is 40.9. The predicted molar refractivity (Wildman–Crippen MR) is 113 cm³/mol. The molecule has 3 rings (SSSR count). The molecule has 1 N–H and O–H groups in total. The molecule has 0 aromatic heterocycles. The standard InChI is InChI=1S/C22H25N3O5/c1-24(2)22(28)16-7-5-6-8-17(16)23-21(27)14-11-20(26)25(13-14)18-10-9-15(29-3)12-19(18)30-4/h5-10,12,14H,11,13H2,1-4H3,(H,23,27). The molecule has 30 heavy (non-hydrogen) atoms. The first-order chi connectivity index (χ1) is 14.3. The summed E-state index contributed by atoms with van der Waals surface area (Å²) in [5.74, 6) is -0.136. The Morgan fingerprint density at radius 2 is 1.83 bits per heavy atom. The van der Waals surface area contributed by atoms with Gasteiger partial charge in [-0.15, -0.1) is 0 Å². The number of rotatable bonds is 6. The molecule has 2 aromatic rings. The Hall–Kier alpha value is -3.55. The van der Waals surface area contributed by atoms with Crippen molar-refractivity contribution in [3.05, 3.63) is 48.0 Å². The van der Waals surface area contributed by atoms with E-state index in [4.69, 9.17) is 9.47 Å². The summed E-state index contributed by atoms with van der Waals surface area (Å²) < 4.78 is 10.6. The fourth-order valence-corrected chi connectivity index (χ4v) is 3.38. The average Bonchev–Trinajstić information content (AvgIpc) is 3.14. The third-order valence-corrected chi connectivity index (χ3v) is 5.00. The summed E-state index contributed by atoms with van der Waals surface area (Å²) in [5.41, 5.74) is 1.41.